The Morgan fingerprint density at radius 1 is 0.941 bits per heavy atom. The average Bonchev–Trinajstić information content (AvgIpc) is 2.28. The summed E-state index contributed by atoms with van der Waals surface area (Å²) >= 11 is 16.9. The van der Waals surface area contributed by atoms with Gasteiger partial charge in [-0.1, -0.05) is 6.92 Å². The standard InChI is InChI=1S/C9H20Cl3N2O2P/c1-2-6-13(7-3-10)17(15,16)14(8-4-11)9-5-12/h2-9H2,1H3,(H,15,16). The van der Waals surface area contributed by atoms with E-state index in [0.717, 1.165) is 6.42 Å². The zero-order chi connectivity index (χ0) is 13.3. The fourth-order valence-electron chi connectivity index (χ4n) is 1.47. The van der Waals surface area contributed by atoms with Gasteiger partial charge in [0.25, 0.3) is 0 Å². The van der Waals surface area contributed by atoms with Crippen molar-refractivity contribution in [3.63, 3.8) is 0 Å². The van der Waals surface area contributed by atoms with Gasteiger partial charge in [0.1, 0.15) is 0 Å². The van der Waals surface area contributed by atoms with Crippen LogP contribution in [-0.2, 0) is 4.57 Å². The first kappa shape index (κ1) is 18.0. The third-order valence-corrected chi connectivity index (χ3v) is 5.03. The maximum Gasteiger partial charge on any atom is 0.343 e. The summed E-state index contributed by atoms with van der Waals surface area (Å²) in [5.41, 5.74) is 0. The molecule has 4 nitrogen and oxygen atoms in total. The lowest BCUT2D eigenvalue weighted by Crippen LogP contribution is -2.35. The second-order valence-electron chi connectivity index (χ2n) is 3.49. The van der Waals surface area contributed by atoms with E-state index in [0.29, 0.717) is 43.8 Å². The molecule has 0 aliphatic heterocycles. The molecule has 0 amide bonds. The van der Waals surface area contributed by atoms with Crippen molar-refractivity contribution in [1.82, 2.24) is 9.34 Å². The van der Waals surface area contributed by atoms with Crippen LogP contribution in [0.3, 0.4) is 0 Å². The van der Waals surface area contributed by atoms with Crippen molar-refractivity contribution in [2.45, 2.75) is 13.3 Å². The van der Waals surface area contributed by atoms with E-state index >= 15 is 0 Å². The van der Waals surface area contributed by atoms with Gasteiger partial charge in [0.15, 0.2) is 0 Å². The molecule has 0 rings (SSSR count). The van der Waals surface area contributed by atoms with Crippen molar-refractivity contribution in [3.8, 4) is 0 Å². The van der Waals surface area contributed by atoms with Gasteiger partial charge in [-0.3, -0.25) is 4.57 Å². The van der Waals surface area contributed by atoms with Gasteiger partial charge in [0.2, 0.25) is 0 Å². The maximum atomic E-state index is 12.4. The van der Waals surface area contributed by atoms with Gasteiger partial charge in [0.05, 0.1) is 0 Å². The van der Waals surface area contributed by atoms with Crippen LogP contribution in [0.25, 0.3) is 0 Å². The minimum atomic E-state index is -3.57. The van der Waals surface area contributed by atoms with Crippen molar-refractivity contribution in [1.29, 1.82) is 0 Å². The minimum Gasteiger partial charge on any atom is -0.322 e. The molecule has 0 heterocycles. The normalized spacial score (nSPS) is 15.5. The Bertz CT molecular complexity index is 214. The van der Waals surface area contributed by atoms with E-state index in [9.17, 15) is 9.46 Å². The fraction of sp³-hybridized carbons (Fsp3) is 1.00. The first-order chi connectivity index (χ1) is 8.04. The van der Waals surface area contributed by atoms with Crippen molar-refractivity contribution < 1.29 is 9.46 Å². The Hall–Kier alpha value is 0.980. The van der Waals surface area contributed by atoms with Crippen molar-refractivity contribution in [3.05, 3.63) is 0 Å². The largest absolute Gasteiger partial charge is 0.343 e. The maximum absolute atomic E-state index is 12.4. The molecule has 0 aromatic heterocycles. The molecule has 1 unspecified atom stereocenters. The predicted octanol–water partition coefficient (Wildman–Crippen LogP) is 2.82. The zero-order valence-corrected chi connectivity index (χ0v) is 13.2. The number of rotatable bonds is 10. The van der Waals surface area contributed by atoms with Crippen molar-refractivity contribution in [2.24, 2.45) is 0 Å². The van der Waals surface area contributed by atoms with E-state index in [2.05, 4.69) is 0 Å². The lowest BCUT2D eigenvalue weighted by Gasteiger charge is -2.34. The Balaban J connectivity index is 4.78. The molecule has 1 atom stereocenters. The highest BCUT2D eigenvalue weighted by Crippen LogP contribution is 2.48. The molecule has 0 spiro atoms. The molecule has 0 saturated carbocycles. The van der Waals surface area contributed by atoms with E-state index in [1.807, 2.05) is 6.92 Å². The molecule has 104 valence electrons. The first-order valence-electron chi connectivity index (χ1n) is 5.56. The fourth-order valence-corrected chi connectivity index (χ4v) is 4.34. The summed E-state index contributed by atoms with van der Waals surface area (Å²) in [4.78, 5) is 10.2. The number of hydrogen-bond acceptors (Lipinski definition) is 1. The molecule has 0 fully saturated rings. The quantitative estimate of drug-likeness (QED) is 0.495. The molecule has 0 aliphatic carbocycles. The van der Waals surface area contributed by atoms with E-state index in [1.54, 1.807) is 0 Å². The van der Waals surface area contributed by atoms with E-state index < -0.39 is 7.67 Å². The van der Waals surface area contributed by atoms with Gasteiger partial charge in [0, 0.05) is 43.8 Å². The lowest BCUT2D eigenvalue weighted by molar-refractivity contribution is 0.282. The average molecular weight is 326 g/mol. The molecule has 0 bridgehead atoms. The smallest absolute Gasteiger partial charge is 0.322 e. The van der Waals surface area contributed by atoms with Gasteiger partial charge < -0.3 is 4.89 Å². The molecule has 0 radical (unpaired) electrons. The van der Waals surface area contributed by atoms with E-state index in [1.165, 1.54) is 9.34 Å². The summed E-state index contributed by atoms with van der Waals surface area (Å²) in [6.45, 7) is 3.54. The lowest BCUT2D eigenvalue weighted by atomic mass is 10.5. The Morgan fingerprint density at radius 2 is 1.29 bits per heavy atom. The van der Waals surface area contributed by atoms with E-state index in [-0.39, 0.29) is 0 Å². The third kappa shape index (κ3) is 6.11. The summed E-state index contributed by atoms with van der Waals surface area (Å²) < 4.78 is 15.4. The van der Waals surface area contributed by atoms with Crippen LogP contribution < -0.4 is 0 Å². The van der Waals surface area contributed by atoms with Crippen LogP contribution in [0.4, 0.5) is 0 Å². The van der Waals surface area contributed by atoms with Crippen LogP contribution in [0.1, 0.15) is 13.3 Å². The predicted molar refractivity (Wildman–Crippen MR) is 75.4 cm³/mol. The molecule has 1 N–H and O–H groups in total. The van der Waals surface area contributed by atoms with Gasteiger partial charge in [-0.15, -0.1) is 34.8 Å². The van der Waals surface area contributed by atoms with Crippen LogP contribution in [-0.4, -0.2) is 58.1 Å². The summed E-state index contributed by atoms with van der Waals surface area (Å²) in [7, 11) is -3.57. The first-order valence-corrected chi connectivity index (χ1v) is 8.73. The monoisotopic (exact) mass is 324 g/mol. The highest BCUT2D eigenvalue weighted by atomic mass is 35.5. The third-order valence-electron chi connectivity index (χ3n) is 2.25. The number of hydrogen-bond donors (Lipinski definition) is 1. The highest BCUT2D eigenvalue weighted by Gasteiger charge is 2.33. The van der Waals surface area contributed by atoms with Gasteiger partial charge in [-0.2, -0.15) is 0 Å². The Morgan fingerprint density at radius 3 is 1.59 bits per heavy atom. The molecule has 0 aromatic carbocycles. The van der Waals surface area contributed by atoms with Crippen molar-refractivity contribution in [2.75, 3.05) is 43.8 Å². The van der Waals surface area contributed by atoms with Crippen LogP contribution in [0.2, 0.25) is 0 Å². The molecule has 0 aromatic rings. The van der Waals surface area contributed by atoms with Crippen LogP contribution >= 0.6 is 42.5 Å². The van der Waals surface area contributed by atoms with E-state index in [4.69, 9.17) is 34.8 Å². The van der Waals surface area contributed by atoms with Gasteiger partial charge in [-0.05, 0) is 6.42 Å². The molecular formula is C9H20Cl3N2O2P. The minimum absolute atomic E-state index is 0.294. The highest BCUT2D eigenvalue weighted by molar-refractivity contribution is 7.52. The summed E-state index contributed by atoms with van der Waals surface area (Å²) in [5.74, 6) is 0.907. The van der Waals surface area contributed by atoms with Crippen molar-refractivity contribution >= 4 is 42.5 Å². The number of alkyl halides is 3. The number of nitrogens with zero attached hydrogens (tertiary/aromatic N) is 2. The SMILES string of the molecule is CCCN(CCCl)P(=O)(O)N(CCCl)CCCl. The Kier molecular flexibility index (Phi) is 10.4. The molecular weight excluding hydrogens is 305 g/mol. The summed E-state index contributed by atoms with van der Waals surface area (Å²) in [6.07, 6.45) is 0.789. The molecule has 17 heavy (non-hydrogen) atoms. The summed E-state index contributed by atoms with van der Waals surface area (Å²) in [6, 6.07) is 0. The van der Waals surface area contributed by atoms with Gasteiger partial charge >= 0.3 is 7.67 Å². The molecule has 0 aliphatic rings. The zero-order valence-electron chi connectivity index (χ0n) is 9.99. The second-order valence-corrected chi connectivity index (χ2v) is 6.78. The molecule has 8 heteroatoms. The molecule has 0 saturated heterocycles. The van der Waals surface area contributed by atoms with Crippen LogP contribution in [0.5, 0.6) is 0 Å². The van der Waals surface area contributed by atoms with Gasteiger partial charge in [-0.25, -0.2) is 9.34 Å². The topological polar surface area (TPSA) is 43.8 Å². The summed E-state index contributed by atoms with van der Waals surface area (Å²) in [5, 5.41) is 0. The number of halogens is 3. The second kappa shape index (κ2) is 9.85. The Labute approximate surface area is 118 Å². The van der Waals surface area contributed by atoms with Crippen LogP contribution in [0, 0.1) is 0 Å². The van der Waals surface area contributed by atoms with Crippen LogP contribution in [0.15, 0.2) is 0 Å².